The molecule has 2 amide bonds. The molecule has 1 heterocycles. The molecule has 0 aromatic heterocycles. The third-order valence-electron chi connectivity index (χ3n) is 4.73. The van der Waals surface area contributed by atoms with Crippen LogP contribution in [0.3, 0.4) is 0 Å². The van der Waals surface area contributed by atoms with Crippen LogP contribution in [0, 0.1) is 5.92 Å². The molecule has 0 saturated heterocycles. The van der Waals surface area contributed by atoms with Crippen LogP contribution in [0.1, 0.15) is 42.1 Å². The van der Waals surface area contributed by atoms with Crippen LogP contribution in [-0.2, 0) is 16.0 Å². The maximum Gasteiger partial charge on any atom is 0.306 e. The van der Waals surface area contributed by atoms with E-state index in [0.717, 1.165) is 17.7 Å². The average molecular weight is 316 g/mol. The van der Waals surface area contributed by atoms with Gasteiger partial charge >= 0.3 is 5.97 Å². The Labute approximate surface area is 134 Å². The Balaban J connectivity index is 1.67. The van der Waals surface area contributed by atoms with E-state index in [-0.39, 0.29) is 23.8 Å². The summed E-state index contributed by atoms with van der Waals surface area (Å²) in [5.41, 5.74) is 2.44. The van der Waals surface area contributed by atoms with Crippen molar-refractivity contribution in [3.05, 3.63) is 29.3 Å². The number of carboxylic acids is 1. The van der Waals surface area contributed by atoms with E-state index in [1.807, 2.05) is 12.1 Å². The fourth-order valence-electron chi connectivity index (χ4n) is 3.48. The molecule has 1 fully saturated rings. The van der Waals surface area contributed by atoms with Crippen molar-refractivity contribution in [1.82, 2.24) is 5.32 Å². The second-order valence-electron chi connectivity index (χ2n) is 6.28. The molecule has 0 unspecified atom stereocenters. The highest BCUT2D eigenvalue weighted by atomic mass is 16.4. The molecule has 0 spiro atoms. The standard InChI is InChI=1S/C17H20N2O4/c1-10(20)19-7-6-11-8-12(3-5-15(11)19)16(21)18-14-4-2-13(9-14)17(22)23/h3,5,8,13-14H,2,4,6-7,9H2,1H3,(H,18,21)(H,22,23)/t13-,14+/m0/s1. The Morgan fingerprint density at radius 3 is 2.70 bits per heavy atom. The minimum Gasteiger partial charge on any atom is -0.481 e. The Morgan fingerprint density at radius 1 is 1.26 bits per heavy atom. The van der Waals surface area contributed by atoms with E-state index < -0.39 is 5.97 Å². The number of carbonyl (C=O) groups is 3. The summed E-state index contributed by atoms with van der Waals surface area (Å²) in [5.74, 6) is -1.32. The van der Waals surface area contributed by atoms with Gasteiger partial charge in [0.05, 0.1) is 5.92 Å². The molecule has 0 radical (unpaired) electrons. The minimum absolute atomic E-state index is 0.00613. The first-order chi connectivity index (χ1) is 11.0. The molecule has 122 valence electrons. The van der Waals surface area contributed by atoms with Crippen LogP contribution in [0.4, 0.5) is 5.69 Å². The van der Waals surface area contributed by atoms with Crippen molar-refractivity contribution >= 4 is 23.5 Å². The van der Waals surface area contributed by atoms with Crippen molar-refractivity contribution in [2.75, 3.05) is 11.4 Å². The predicted molar refractivity (Wildman–Crippen MR) is 84.4 cm³/mol. The van der Waals surface area contributed by atoms with Gasteiger partial charge in [-0.2, -0.15) is 0 Å². The van der Waals surface area contributed by atoms with Crippen LogP contribution in [0.2, 0.25) is 0 Å². The molecule has 3 rings (SSSR count). The van der Waals surface area contributed by atoms with Crippen molar-refractivity contribution < 1.29 is 19.5 Å². The Bertz CT molecular complexity index is 671. The number of aliphatic carboxylic acids is 1. The molecule has 23 heavy (non-hydrogen) atoms. The highest BCUT2D eigenvalue weighted by Crippen LogP contribution is 2.29. The monoisotopic (exact) mass is 316 g/mol. The van der Waals surface area contributed by atoms with E-state index in [1.165, 1.54) is 6.92 Å². The van der Waals surface area contributed by atoms with Gasteiger partial charge in [-0.25, -0.2) is 0 Å². The summed E-state index contributed by atoms with van der Waals surface area (Å²) in [6.07, 6.45) is 2.55. The first-order valence-electron chi connectivity index (χ1n) is 7.90. The van der Waals surface area contributed by atoms with Gasteiger partial charge in [-0.05, 0) is 49.4 Å². The smallest absolute Gasteiger partial charge is 0.306 e. The Morgan fingerprint density at radius 2 is 2.04 bits per heavy atom. The topological polar surface area (TPSA) is 86.7 Å². The van der Waals surface area contributed by atoms with Crippen LogP contribution < -0.4 is 10.2 Å². The lowest BCUT2D eigenvalue weighted by atomic mass is 10.1. The number of anilines is 1. The number of nitrogens with zero attached hydrogens (tertiary/aromatic N) is 1. The first kappa shape index (κ1) is 15.5. The summed E-state index contributed by atoms with van der Waals surface area (Å²) in [4.78, 5) is 36.6. The number of hydrogen-bond donors (Lipinski definition) is 2. The van der Waals surface area contributed by atoms with E-state index in [2.05, 4.69) is 5.32 Å². The van der Waals surface area contributed by atoms with Gasteiger partial charge in [0.1, 0.15) is 0 Å². The zero-order chi connectivity index (χ0) is 16.6. The van der Waals surface area contributed by atoms with Gasteiger partial charge in [0.25, 0.3) is 5.91 Å². The molecule has 6 heteroatoms. The number of benzene rings is 1. The molecule has 2 atom stereocenters. The molecule has 2 aliphatic rings. The van der Waals surface area contributed by atoms with Crippen molar-refractivity contribution in [3.8, 4) is 0 Å². The summed E-state index contributed by atoms with van der Waals surface area (Å²) in [6, 6.07) is 5.29. The second kappa shape index (κ2) is 6.02. The number of carbonyl (C=O) groups excluding carboxylic acids is 2. The molecule has 1 aromatic rings. The summed E-state index contributed by atoms with van der Waals surface area (Å²) in [5, 5.41) is 11.9. The van der Waals surface area contributed by atoms with E-state index in [0.29, 0.717) is 31.4 Å². The summed E-state index contributed by atoms with van der Waals surface area (Å²) >= 11 is 0. The molecule has 1 aromatic carbocycles. The molecule has 2 N–H and O–H groups in total. The molecule has 1 saturated carbocycles. The fraction of sp³-hybridized carbons (Fsp3) is 0.471. The Kier molecular flexibility index (Phi) is 4.07. The number of rotatable bonds is 3. The van der Waals surface area contributed by atoms with Crippen molar-refractivity contribution in [2.24, 2.45) is 5.92 Å². The maximum absolute atomic E-state index is 12.4. The molecular weight excluding hydrogens is 296 g/mol. The molecule has 0 bridgehead atoms. The van der Waals surface area contributed by atoms with Crippen LogP contribution in [0.5, 0.6) is 0 Å². The first-order valence-corrected chi connectivity index (χ1v) is 7.90. The maximum atomic E-state index is 12.4. The highest BCUT2D eigenvalue weighted by Gasteiger charge is 2.31. The number of hydrogen-bond acceptors (Lipinski definition) is 3. The number of nitrogens with one attached hydrogen (secondary N) is 1. The summed E-state index contributed by atoms with van der Waals surface area (Å²) in [6.45, 7) is 2.19. The van der Waals surface area contributed by atoms with E-state index in [1.54, 1.807) is 11.0 Å². The third-order valence-corrected chi connectivity index (χ3v) is 4.73. The van der Waals surface area contributed by atoms with Crippen LogP contribution in [0.25, 0.3) is 0 Å². The van der Waals surface area contributed by atoms with E-state index in [9.17, 15) is 14.4 Å². The van der Waals surface area contributed by atoms with Crippen molar-refractivity contribution in [1.29, 1.82) is 0 Å². The molecule has 1 aliphatic carbocycles. The Hall–Kier alpha value is -2.37. The third kappa shape index (κ3) is 3.06. The molecule has 6 nitrogen and oxygen atoms in total. The zero-order valence-corrected chi connectivity index (χ0v) is 13.0. The highest BCUT2D eigenvalue weighted by molar-refractivity contribution is 5.98. The lowest BCUT2D eigenvalue weighted by Crippen LogP contribution is -2.33. The number of carboxylic acid groups (broad SMARTS) is 1. The minimum atomic E-state index is -0.788. The van der Waals surface area contributed by atoms with Crippen molar-refractivity contribution in [2.45, 2.75) is 38.6 Å². The zero-order valence-electron chi connectivity index (χ0n) is 13.0. The molecule has 1 aliphatic heterocycles. The SMILES string of the molecule is CC(=O)N1CCc2cc(C(=O)N[C@@H]3CC[C@H](C(=O)O)C3)ccc21. The summed E-state index contributed by atoms with van der Waals surface area (Å²) in [7, 11) is 0. The van der Waals surface area contributed by atoms with Gasteiger partial charge in [0.15, 0.2) is 0 Å². The van der Waals surface area contributed by atoms with Gasteiger partial charge < -0.3 is 15.3 Å². The molecular formula is C17H20N2O4. The predicted octanol–water partition coefficient (Wildman–Crippen LogP) is 1.58. The van der Waals surface area contributed by atoms with Crippen LogP contribution >= 0.6 is 0 Å². The van der Waals surface area contributed by atoms with Gasteiger partial charge in [0, 0.05) is 30.8 Å². The summed E-state index contributed by atoms with van der Waals surface area (Å²) < 4.78 is 0. The van der Waals surface area contributed by atoms with Gasteiger partial charge in [-0.1, -0.05) is 0 Å². The largest absolute Gasteiger partial charge is 0.481 e. The second-order valence-corrected chi connectivity index (χ2v) is 6.28. The van der Waals surface area contributed by atoms with Crippen LogP contribution in [-0.4, -0.2) is 35.5 Å². The number of fused-ring (bicyclic) bond motifs is 1. The average Bonchev–Trinajstić information content (AvgIpc) is 3.12. The quantitative estimate of drug-likeness (QED) is 0.886. The lowest BCUT2D eigenvalue weighted by Gasteiger charge is -2.16. The number of amides is 2. The fourth-order valence-corrected chi connectivity index (χ4v) is 3.48. The van der Waals surface area contributed by atoms with Gasteiger partial charge in [0.2, 0.25) is 5.91 Å². The van der Waals surface area contributed by atoms with E-state index in [4.69, 9.17) is 5.11 Å². The van der Waals surface area contributed by atoms with E-state index >= 15 is 0 Å². The normalized spacial score (nSPS) is 22.7. The lowest BCUT2D eigenvalue weighted by molar-refractivity contribution is -0.141. The van der Waals surface area contributed by atoms with Crippen LogP contribution in [0.15, 0.2) is 18.2 Å². The van der Waals surface area contributed by atoms with Crippen molar-refractivity contribution in [3.63, 3.8) is 0 Å². The van der Waals surface area contributed by atoms with Gasteiger partial charge in [-0.3, -0.25) is 14.4 Å². The van der Waals surface area contributed by atoms with Gasteiger partial charge in [-0.15, -0.1) is 0 Å².